The molecule has 1 aliphatic rings. The van der Waals surface area contributed by atoms with E-state index in [0.29, 0.717) is 0 Å². The van der Waals surface area contributed by atoms with Gasteiger partial charge in [0.15, 0.2) is 0 Å². The van der Waals surface area contributed by atoms with Crippen LogP contribution >= 0.6 is 11.6 Å². The minimum Gasteiger partial charge on any atom is -0.398 e. The van der Waals surface area contributed by atoms with E-state index in [1.807, 2.05) is 18.2 Å². The van der Waals surface area contributed by atoms with Gasteiger partial charge in [0.25, 0.3) is 0 Å². The van der Waals surface area contributed by atoms with Crippen LogP contribution in [0.25, 0.3) is 0 Å². The maximum Gasteiger partial charge on any atom is 0.0459 e. The number of nitrogens with two attached hydrogens (primary N) is 1. The molecule has 0 bridgehead atoms. The van der Waals surface area contributed by atoms with Gasteiger partial charge in [-0.05, 0) is 50.0 Å². The molecule has 15 heavy (non-hydrogen) atoms. The molecule has 2 N–H and O–H groups in total. The highest BCUT2D eigenvalue weighted by atomic mass is 35.5. The monoisotopic (exact) mass is 224 g/mol. The van der Waals surface area contributed by atoms with Crippen LogP contribution in [-0.4, -0.2) is 24.5 Å². The van der Waals surface area contributed by atoms with Gasteiger partial charge in [0, 0.05) is 17.3 Å². The largest absolute Gasteiger partial charge is 0.398 e. The van der Waals surface area contributed by atoms with Crippen molar-refractivity contribution >= 4 is 17.3 Å². The van der Waals surface area contributed by atoms with Gasteiger partial charge in [0.2, 0.25) is 0 Å². The van der Waals surface area contributed by atoms with Crippen LogP contribution in [0, 0.1) is 0 Å². The molecule has 0 aromatic heterocycles. The molecule has 0 unspecified atom stereocenters. The molecule has 1 heterocycles. The Morgan fingerprint density at radius 2 is 2.00 bits per heavy atom. The van der Waals surface area contributed by atoms with Gasteiger partial charge in [-0.15, -0.1) is 0 Å². The second kappa shape index (κ2) is 4.86. The SMILES string of the molecule is Nc1cccc(Cl)c1CCN1CCCC1. The fourth-order valence-corrected chi connectivity index (χ4v) is 2.39. The number of hydrogen-bond donors (Lipinski definition) is 1. The molecule has 1 aliphatic heterocycles. The Balaban J connectivity index is 1.97. The molecule has 0 radical (unpaired) electrons. The van der Waals surface area contributed by atoms with Crippen LogP contribution in [0.15, 0.2) is 18.2 Å². The van der Waals surface area contributed by atoms with Crippen molar-refractivity contribution in [1.29, 1.82) is 0 Å². The zero-order chi connectivity index (χ0) is 10.7. The summed E-state index contributed by atoms with van der Waals surface area (Å²) in [4.78, 5) is 2.47. The third kappa shape index (κ3) is 2.64. The Hall–Kier alpha value is -0.730. The van der Waals surface area contributed by atoms with Crippen LogP contribution in [-0.2, 0) is 6.42 Å². The maximum atomic E-state index is 6.12. The molecule has 0 saturated carbocycles. The highest BCUT2D eigenvalue weighted by Gasteiger charge is 2.12. The van der Waals surface area contributed by atoms with Gasteiger partial charge in [-0.3, -0.25) is 0 Å². The van der Waals surface area contributed by atoms with Crippen LogP contribution in [0.3, 0.4) is 0 Å². The lowest BCUT2D eigenvalue weighted by atomic mass is 10.1. The molecule has 2 rings (SSSR count). The summed E-state index contributed by atoms with van der Waals surface area (Å²) in [5, 5.41) is 0.800. The maximum absolute atomic E-state index is 6.12. The molecule has 1 aromatic rings. The standard InChI is InChI=1S/C12H17ClN2/c13-11-4-3-5-12(14)10(11)6-9-15-7-1-2-8-15/h3-5H,1-2,6-9,14H2. The van der Waals surface area contributed by atoms with Crippen molar-refractivity contribution in [3.8, 4) is 0 Å². The Morgan fingerprint density at radius 3 is 2.67 bits per heavy atom. The first-order chi connectivity index (χ1) is 7.27. The minimum atomic E-state index is 0.800. The lowest BCUT2D eigenvalue weighted by Gasteiger charge is -2.15. The third-order valence-corrected chi connectivity index (χ3v) is 3.39. The van der Waals surface area contributed by atoms with E-state index in [4.69, 9.17) is 17.3 Å². The van der Waals surface area contributed by atoms with Gasteiger partial charge in [0.05, 0.1) is 0 Å². The summed E-state index contributed by atoms with van der Waals surface area (Å²) in [7, 11) is 0. The van der Waals surface area contributed by atoms with Crippen molar-refractivity contribution < 1.29 is 0 Å². The lowest BCUT2D eigenvalue weighted by Crippen LogP contribution is -2.22. The zero-order valence-corrected chi connectivity index (χ0v) is 9.63. The number of hydrogen-bond acceptors (Lipinski definition) is 2. The Morgan fingerprint density at radius 1 is 1.27 bits per heavy atom. The number of halogens is 1. The van der Waals surface area contributed by atoms with E-state index in [9.17, 15) is 0 Å². The number of anilines is 1. The number of benzene rings is 1. The average Bonchev–Trinajstić information content (AvgIpc) is 2.70. The van der Waals surface area contributed by atoms with Crippen molar-refractivity contribution in [3.63, 3.8) is 0 Å². The summed E-state index contributed by atoms with van der Waals surface area (Å²) in [6.07, 6.45) is 3.63. The molecule has 1 aromatic carbocycles. The summed E-state index contributed by atoms with van der Waals surface area (Å²) in [5.74, 6) is 0. The molecule has 3 heteroatoms. The fraction of sp³-hybridized carbons (Fsp3) is 0.500. The zero-order valence-electron chi connectivity index (χ0n) is 8.88. The molecule has 82 valence electrons. The number of nitrogens with zero attached hydrogens (tertiary/aromatic N) is 1. The highest BCUT2D eigenvalue weighted by molar-refractivity contribution is 6.31. The Bertz CT molecular complexity index is 312. The van der Waals surface area contributed by atoms with Gasteiger partial charge in [-0.25, -0.2) is 0 Å². The van der Waals surface area contributed by atoms with E-state index in [0.717, 1.165) is 29.2 Å². The predicted octanol–water partition coefficient (Wildman–Crippen LogP) is 2.56. The van der Waals surface area contributed by atoms with Crippen molar-refractivity contribution in [3.05, 3.63) is 28.8 Å². The molecule has 1 fully saturated rings. The summed E-state index contributed by atoms with van der Waals surface area (Å²) >= 11 is 6.12. The number of likely N-dealkylation sites (tertiary alicyclic amines) is 1. The molecule has 0 spiro atoms. The van der Waals surface area contributed by atoms with E-state index in [-0.39, 0.29) is 0 Å². The Kier molecular flexibility index (Phi) is 3.49. The molecule has 0 aliphatic carbocycles. The van der Waals surface area contributed by atoms with Crippen LogP contribution in [0.2, 0.25) is 5.02 Å². The molecule has 0 amide bonds. The predicted molar refractivity (Wildman–Crippen MR) is 65.2 cm³/mol. The summed E-state index contributed by atoms with van der Waals surface area (Å²) in [6, 6.07) is 5.74. The number of nitrogen functional groups attached to an aromatic ring is 1. The van der Waals surface area contributed by atoms with Crippen molar-refractivity contribution in [2.75, 3.05) is 25.4 Å². The van der Waals surface area contributed by atoms with Gasteiger partial charge < -0.3 is 10.6 Å². The summed E-state index contributed by atoms with van der Waals surface area (Å²) < 4.78 is 0. The van der Waals surface area contributed by atoms with Gasteiger partial charge in [-0.1, -0.05) is 17.7 Å². The van der Waals surface area contributed by atoms with E-state index in [1.54, 1.807) is 0 Å². The molecular formula is C12H17ClN2. The van der Waals surface area contributed by atoms with E-state index < -0.39 is 0 Å². The van der Waals surface area contributed by atoms with Crippen molar-refractivity contribution in [1.82, 2.24) is 4.90 Å². The average molecular weight is 225 g/mol. The lowest BCUT2D eigenvalue weighted by molar-refractivity contribution is 0.344. The van der Waals surface area contributed by atoms with E-state index >= 15 is 0 Å². The summed E-state index contributed by atoms with van der Waals surface area (Å²) in [6.45, 7) is 3.53. The van der Waals surface area contributed by atoms with Gasteiger partial charge >= 0.3 is 0 Å². The highest BCUT2D eigenvalue weighted by Crippen LogP contribution is 2.23. The Labute approximate surface area is 96.0 Å². The quantitative estimate of drug-likeness (QED) is 0.800. The van der Waals surface area contributed by atoms with Gasteiger partial charge in [0.1, 0.15) is 0 Å². The van der Waals surface area contributed by atoms with Crippen LogP contribution in [0.1, 0.15) is 18.4 Å². The first-order valence-corrected chi connectivity index (χ1v) is 5.90. The number of rotatable bonds is 3. The first kappa shape index (κ1) is 10.8. The van der Waals surface area contributed by atoms with Crippen molar-refractivity contribution in [2.45, 2.75) is 19.3 Å². The summed E-state index contributed by atoms with van der Waals surface area (Å²) in [5.41, 5.74) is 7.83. The second-order valence-electron chi connectivity index (χ2n) is 4.11. The second-order valence-corrected chi connectivity index (χ2v) is 4.51. The molecule has 2 nitrogen and oxygen atoms in total. The van der Waals surface area contributed by atoms with Crippen LogP contribution in [0.4, 0.5) is 5.69 Å². The minimum absolute atomic E-state index is 0.800. The van der Waals surface area contributed by atoms with E-state index in [2.05, 4.69) is 4.90 Å². The fourth-order valence-electron chi connectivity index (χ4n) is 2.12. The smallest absolute Gasteiger partial charge is 0.0459 e. The normalized spacial score (nSPS) is 17.1. The van der Waals surface area contributed by atoms with Crippen molar-refractivity contribution in [2.24, 2.45) is 0 Å². The van der Waals surface area contributed by atoms with Crippen LogP contribution in [0.5, 0.6) is 0 Å². The van der Waals surface area contributed by atoms with Crippen LogP contribution < -0.4 is 5.73 Å². The molecule has 0 atom stereocenters. The van der Waals surface area contributed by atoms with E-state index in [1.165, 1.54) is 25.9 Å². The molecule has 1 saturated heterocycles. The van der Waals surface area contributed by atoms with Gasteiger partial charge in [-0.2, -0.15) is 0 Å². The first-order valence-electron chi connectivity index (χ1n) is 5.52. The third-order valence-electron chi connectivity index (χ3n) is 3.03. The topological polar surface area (TPSA) is 29.3 Å². The molecular weight excluding hydrogens is 208 g/mol.